The van der Waals surface area contributed by atoms with Gasteiger partial charge in [0.05, 0.1) is 11.2 Å². The van der Waals surface area contributed by atoms with Crippen LogP contribution in [-0.4, -0.2) is 12.3 Å². The second kappa shape index (κ2) is 11.7. The molecule has 4 heterocycles. The number of aryl methyl sites for hydroxylation is 1. The monoisotopic (exact) mass is 760 g/mol. The van der Waals surface area contributed by atoms with Gasteiger partial charge in [-0.2, -0.15) is 0 Å². The summed E-state index contributed by atoms with van der Waals surface area (Å²) in [4.78, 5) is 5.56. The lowest BCUT2D eigenvalue weighted by atomic mass is 9.33. The molecular formula is C53H53BN2S. The molecule has 4 aliphatic rings. The number of fused-ring (bicyclic) bond motifs is 11. The molecule has 284 valence electrons. The first kappa shape index (κ1) is 35.4. The predicted octanol–water partition coefficient (Wildman–Crippen LogP) is 13.0. The molecule has 57 heavy (non-hydrogen) atoms. The number of hydrogen-bond donors (Lipinski definition) is 0. The van der Waals surface area contributed by atoms with Crippen molar-refractivity contribution in [3.05, 3.63) is 131 Å². The van der Waals surface area contributed by atoms with Crippen molar-refractivity contribution in [2.45, 2.75) is 110 Å². The Kier molecular flexibility index (Phi) is 7.24. The van der Waals surface area contributed by atoms with Gasteiger partial charge in [0.2, 0.25) is 0 Å². The van der Waals surface area contributed by atoms with E-state index in [0.717, 1.165) is 0 Å². The van der Waals surface area contributed by atoms with E-state index in [2.05, 4.69) is 181 Å². The van der Waals surface area contributed by atoms with Gasteiger partial charge < -0.3 is 9.80 Å². The molecular weight excluding hydrogens is 707 g/mol. The minimum Gasteiger partial charge on any atom is -0.335 e. The summed E-state index contributed by atoms with van der Waals surface area (Å²) in [5.74, 6) is 0. The Bertz CT molecular complexity index is 2840. The van der Waals surface area contributed by atoms with Crippen molar-refractivity contribution in [3.8, 4) is 11.1 Å². The predicted molar refractivity (Wildman–Crippen MR) is 249 cm³/mol. The Morgan fingerprint density at radius 3 is 2.11 bits per heavy atom. The maximum Gasteiger partial charge on any atom is 0.254 e. The van der Waals surface area contributed by atoms with Crippen LogP contribution in [0.25, 0.3) is 31.3 Å². The van der Waals surface area contributed by atoms with Crippen molar-refractivity contribution in [1.29, 1.82) is 0 Å². The van der Waals surface area contributed by atoms with Gasteiger partial charge in [0.1, 0.15) is 0 Å². The zero-order valence-corrected chi connectivity index (χ0v) is 35.9. The van der Waals surface area contributed by atoms with Gasteiger partial charge in [-0.05, 0) is 124 Å². The number of nitrogens with zero attached hydrogens (tertiary/aromatic N) is 2. The van der Waals surface area contributed by atoms with E-state index in [0.29, 0.717) is 0 Å². The summed E-state index contributed by atoms with van der Waals surface area (Å²) in [5, 5.41) is 2.73. The van der Waals surface area contributed by atoms with Crippen LogP contribution in [0, 0.1) is 6.92 Å². The first-order valence-corrected chi connectivity index (χ1v) is 22.1. The molecule has 2 atom stereocenters. The van der Waals surface area contributed by atoms with Crippen molar-refractivity contribution >= 4 is 83.0 Å². The van der Waals surface area contributed by atoms with E-state index in [4.69, 9.17) is 0 Å². The van der Waals surface area contributed by atoms with Crippen LogP contribution >= 0.6 is 11.3 Å². The highest BCUT2D eigenvalue weighted by molar-refractivity contribution is 7.28. The van der Waals surface area contributed by atoms with Gasteiger partial charge in [0.15, 0.2) is 0 Å². The molecule has 6 aromatic carbocycles. The van der Waals surface area contributed by atoms with Crippen molar-refractivity contribution in [2.75, 3.05) is 9.80 Å². The molecule has 0 spiro atoms. The lowest BCUT2D eigenvalue weighted by Gasteiger charge is -2.53. The second-order valence-electron chi connectivity index (χ2n) is 20.2. The summed E-state index contributed by atoms with van der Waals surface area (Å²) in [6, 6.07) is 42.7. The first-order valence-electron chi connectivity index (χ1n) is 21.3. The van der Waals surface area contributed by atoms with Crippen molar-refractivity contribution in [2.24, 2.45) is 0 Å². The Hall–Kier alpha value is -4.80. The number of hydrogen-bond acceptors (Lipinski definition) is 3. The first-order chi connectivity index (χ1) is 27.2. The fraction of sp³-hybridized carbons (Fsp3) is 0.321. The molecule has 11 rings (SSSR count). The number of thiophene rings is 1. The van der Waals surface area contributed by atoms with Crippen LogP contribution in [-0.2, 0) is 16.2 Å². The molecule has 1 aromatic heterocycles. The molecule has 0 saturated heterocycles. The maximum atomic E-state index is 2.89. The molecule has 1 saturated carbocycles. The minimum atomic E-state index is -0.0241. The topological polar surface area (TPSA) is 6.48 Å². The van der Waals surface area contributed by atoms with Crippen LogP contribution in [0.4, 0.5) is 28.4 Å². The second-order valence-corrected chi connectivity index (χ2v) is 21.2. The summed E-state index contributed by atoms with van der Waals surface area (Å²) in [5.41, 5.74) is 19.5. The van der Waals surface area contributed by atoms with Crippen LogP contribution < -0.4 is 26.2 Å². The quantitative estimate of drug-likeness (QED) is 0.162. The van der Waals surface area contributed by atoms with Crippen LogP contribution in [0.2, 0.25) is 0 Å². The van der Waals surface area contributed by atoms with Gasteiger partial charge in [-0.15, -0.1) is 11.3 Å². The van der Waals surface area contributed by atoms with Crippen LogP contribution in [0.3, 0.4) is 0 Å². The minimum absolute atomic E-state index is 0.0166. The van der Waals surface area contributed by atoms with E-state index in [1.54, 1.807) is 5.56 Å². The van der Waals surface area contributed by atoms with E-state index in [1.165, 1.54) is 118 Å². The maximum absolute atomic E-state index is 2.89. The third-order valence-corrected chi connectivity index (χ3v) is 16.0. The summed E-state index contributed by atoms with van der Waals surface area (Å²) < 4.78 is 2.78. The van der Waals surface area contributed by atoms with Crippen LogP contribution in [0.15, 0.2) is 109 Å². The lowest BCUT2D eigenvalue weighted by molar-refractivity contribution is 0.195. The van der Waals surface area contributed by atoms with Crippen LogP contribution in [0.1, 0.15) is 103 Å². The Balaban J connectivity index is 1.31. The van der Waals surface area contributed by atoms with E-state index in [1.807, 2.05) is 11.3 Å². The Labute approximate surface area is 343 Å². The van der Waals surface area contributed by atoms with E-state index >= 15 is 0 Å². The van der Waals surface area contributed by atoms with E-state index < -0.39 is 0 Å². The summed E-state index contributed by atoms with van der Waals surface area (Å²) >= 11 is 1.99. The van der Waals surface area contributed by atoms with Gasteiger partial charge in [-0.1, -0.05) is 134 Å². The molecule has 0 N–H and O–H groups in total. The highest BCUT2D eigenvalue weighted by atomic mass is 32.1. The average molecular weight is 761 g/mol. The molecule has 2 unspecified atom stereocenters. The molecule has 0 amide bonds. The standard InChI is InChI=1S/C53H53BN2S/c1-32-27-43-46-44(28-32)56-48-39(52(8)25-15-16-26-53(52,56)9)30-35(51(5,6)7)31-40(48)54(46)47-42(24-22-37-36-19-13-14-20-45(36)57-49(37)47)55(43)41-23-21-34(50(2,3)4)29-38(41)33-17-11-10-12-18-33/h10-14,17-24,27-31H,15-16,25-26H2,1-9H3. The van der Waals surface area contributed by atoms with Gasteiger partial charge in [0, 0.05) is 48.5 Å². The normalized spacial score (nSPS) is 20.8. The zero-order chi connectivity index (χ0) is 39.4. The number of anilines is 5. The van der Waals surface area contributed by atoms with Crippen molar-refractivity contribution < 1.29 is 0 Å². The third-order valence-electron chi connectivity index (χ3n) is 14.7. The highest BCUT2D eigenvalue weighted by Gasteiger charge is 2.61. The largest absolute Gasteiger partial charge is 0.335 e. The Morgan fingerprint density at radius 1 is 0.632 bits per heavy atom. The molecule has 3 aliphatic heterocycles. The van der Waals surface area contributed by atoms with Gasteiger partial charge in [-0.25, -0.2) is 0 Å². The molecule has 1 aliphatic carbocycles. The highest BCUT2D eigenvalue weighted by Crippen LogP contribution is 2.62. The van der Waals surface area contributed by atoms with E-state index in [-0.39, 0.29) is 28.5 Å². The van der Waals surface area contributed by atoms with Crippen LogP contribution in [0.5, 0.6) is 0 Å². The Morgan fingerprint density at radius 2 is 1.33 bits per heavy atom. The molecule has 7 aromatic rings. The molecule has 0 radical (unpaired) electrons. The molecule has 1 fully saturated rings. The third kappa shape index (κ3) is 4.71. The van der Waals surface area contributed by atoms with Crippen molar-refractivity contribution in [3.63, 3.8) is 0 Å². The summed E-state index contributed by atoms with van der Waals surface area (Å²) in [7, 11) is 0. The zero-order valence-electron chi connectivity index (χ0n) is 35.1. The van der Waals surface area contributed by atoms with Gasteiger partial charge in [-0.3, -0.25) is 0 Å². The lowest BCUT2D eigenvalue weighted by Crippen LogP contribution is -2.64. The number of benzene rings is 6. The van der Waals surface area contributed by atoms with Gasteiger partial charge in [0.25, 0.3) is 6.71 Å². The average Bonchev–Trinajstić information content (AvgIpc) is 3.66. The van der Waals surface area contributed by atoms with Crippen molar-refractivity contribution in [1.82, 2.24) is 0 Å². The SMILES string of the molecule is Cc1cc2c3c(c1)N1c4c(cc(C(C)(C)C)cc4C4(C)CCCCC14C)B3c1c(ccc3c1sc1ccccc13)N2c1ccc(C(C)(C)C)cc1-c1ccccc1. The molecule has 0 bridgehead atoms. The van der Waals surface area contributed by atoms with E-state index in [9.17, 15) is 0 Å². The van der Waals surface area contributed by atoms with Gasteiger partial charge >= 0.3 is 0 Å². The molecule has 2 nitrogen and oxygen atoms in total. The fourth-order valence-electron chi connectivity index (χ4n) is 11.5. The number of rotatable bonds is 2. The fourth-order valence-corrected chi connectivity index (χ4v) is 12.8. The summed E-state index contributed by atoms with van der Waals surface area (Å²) in [6.45, 7) is 21.9. The summed E-state index contributed by atoms with van der Waals surface area (Å²) in [6.07, 6.45) is 4.98. The molecule has 4 heteroatoms. The smallest absolute Gasteiger partial charge is 0.254 e.